The molecule has 1 N–H and O–H groups in total. The van der Waals surface area contributed by atoms with Gasteiger partial charge in [0, 0.05) is 0 Å². The van der Waals surface area contributed by atoms with E-state index >= 15 is 0 Å². The molecule has 1 atom stereocenters. The van der Waals surface area contributed by atoms with Crippen LogP contribution in [0, 0.1) is 5.82 Å². The van der Waals surface area contributed by atoms with Crippen LogP contribution in [-0.4, -0.2) is 13.0 Å². The zero-order valence-electron chi connectivity index (χ0n) is 11.4. The topological polar surface area (TPSA) is 38.3 Å². The quantitative estimate of drug-likeness (QED) is 0.928. The van der Waals surface area contributed by atoms with Crippen LogP contribution in [0.3, 0.4) is 0 Å². The highest BCUT2D eigenvalue weighted by Gasteiger charge is 2.14. The monoisotopic (exact) mass is 273 g/mol. The molecule has 104 valence electrons. The van der Waals surface area contributed by atoms with Crippen LogP contribution in [0.4, 0.5) is 4.39 Å². The molecule has 20 heavy (non-hydrogen) atoms. The average Bonchev–Trinajstić information content (AvgIpc) is 2.47. The van der Waals surface area contributed by atoms with Gasteiger partial charge >= 0.3 is 0 Å². The van der Waals surface area contributed by atoms with Crippen LogP contribution in [0.25, 0.3) is 0 Å². The van der Waals surface area contributed by atoms with E-state index in [1.807, 2.05) is 31.2 Å². The number of hydrogen-bond acceptors (Lipinski definition) is 2. The minimum Gasteiger partial charge on any atom is -0.497 e. The van der Waals surface area contributed by atoms with Crippen LogP contribution in [0.5, 0.6) is 5.75 Å². The second-order valence-electron chi connectivity index (χ2n) is 4.45. The van der Waals surface area contributed by atoms with E-state index in [1.165, 1.54) is 12.1 Å². The first-order chi connectivity index (χ1) is 9.61. The van der Waals surface area contributed by atoms with Crippen molar-refractivity contribution in [1.29, 1.82) is 0 Å². The van der Waals surface area contributed by atoms with Crippen LogP contribution < -0.4 is 10.1 Å². The number of methoxy groups -OCH3 is 1. The Balaban J connectivity index is 2.09. The summed E-state index contributed by atoms with van der Waals surface area (Å²) in [4.78, 5) is 12.0. The molecule has 2 rings (SSSR count). The van der Waals surface area contributed by atoms with Gasteiger partial charge in [0.1, 0.15) is 11.6 Å². The summed E-state index contributed by atoms with van der Waals surface area (Å²) in [6.45, 7) is 1.85. The Kier molecular flexibility index (Phi) is 4.35. The van der Waals surface area contributed by atoms with Gasteiger partial charge in [-0.05, 0) is 36.8 Å². The molecule has 2 aromatic rings. The number of carbonyl (C=O) groups is 1. The summed E-state index contributed by atoms with van der Waals surface area (Å²) in [5.74, 6) is -0.195. The van der Waals surface area contributed by atoms with Crippen molar-refractivity contribution in [3.8, 4) is 5.75 Å². The van der Waals surface area contributed by atoms with Gasteiger partial charge in [-0.2, -0.15) is 0 Å². The lowest BCUT2D eigenvalue weighted by atomic mass is 10.1. The number of rotatable bonds is 4. The van der Waals surface area contributed by atoms with Crippen LogP contribution in [0.15, 0.2) is 48.5 Å². The number of hydrogen-bond donors (Lipinski definition) is 1. The third-order valence-electron chi connectivity index (χ3n) is 3.08. The number of amides is 1. The van der Waals surface area contributed by atoms with Gasteiger partial charge in [-0.25, -0.2) is 4.39 Å². The minimum absolute atomic E-state index is 0.0489. The van der Waals surface area contributed by atoms with Crippen molar-refractivity contribution in [2.24, 2.45) is 0 Å². The maximum absolute atomic E-state index is 13.5. The average molecular weight is 273 g/mol. The first-order valence-electron chi connectivity index (χ1n) is 6.31. The van der Waals surface area contributed by atoms with Crippen molar-refractivity contribution in [2.45, 2.75) is 13.0 Å². The van der Waals surface area contributed by atoms with E-state index in [1.54, 1.807) is 19.2 Å². The number of ether oxygens (including phenoxy) is 1. The van der Waals surface area contributed by atoms with Crippen LogP contribution in [0.1, 0.15) is 28.9 Å². The van der Waals surface area contributed by atoms with Crippen molar-refractivity contribution in [2.75, 3.05) is 7.11 Å². The van der Waals surface area contributed by atoms with E-state index in [-0.39, 0.29) is 11.6 Å². The normalized spacial score (nSPS) is 11.8. The van der Waals surface area contributed by atoms with E-state index in [4.69, 9.17) is 4.74 Å². The van der Waals surface area contributed by atoms with Crippen molar-refractivity contribution >= 4 is 5.91 Å². The van der Waals surface area contributed by atoms with Gasteiger partial charge in [-0.3, -0.25) is 4.79 Å². The number of halogens is 1. The van der Waals surface area contributed by atoms with Crippen molar-refractivity contribution in [1.82, 2.24) is 5.32 Å². The molecule has 0 saturated heterocycles. The van der Waals surface area contributed by atoms with E-state index < -0.39 is 11.7 Å². The summed E-state index contributed by atoms with van der Waals surface area (Å²) in [5, 5.41) is 2.77. The highest BCUT2D eigenvalue weighted by atomic mass is 19.1. The van der Waals surface area contributed by atoms with Gasteiger partial charge in [0.05, 0.1) is 18.7 Å². The molecule has 0 aromatic heterocycles. The lowest BCUT2D eigenvalue weighted by Gasteiger charge is -2.15. The summed E-state index contributed by atoms with van der Waals surface area (Å²) in [7, 11) is 1.60. The fraction of sp³-hybridized carbons (Fsp3) is 0.188. The number of carbonyl (C=O) groups excluding carboxylic acids is 1. The molecule has 0 aliphatic rings. The van der Waals surface area contributed by atoms with Gasteiger partial charge in [-0.15, -0.1) is 0 Å². The van der Waals surface area contributed by atoms with E-state index in [0.29, 0.717) is 0 Å². The third-order valence-corrected chi connectivity index (χ3v) is 3.08. The predicted octanol–water partition coefficient (Wildman–Crippen LogP) is 3.33. The maximum atomic E-state index is 13.5. The summed E-state index contributed by atoms with van der Waals surface area (Å²) < 4.78 is 18.6. The van der Waals surface area contributed by atoms with Crippen LogP contribution >= 0.6 is 0 Å². The zero-order chi connectivity index (χ0) is 14.5. The molecule has 0 heterocycles. The number of benzene rings is 2. The second kappa shape index (κ2) is 6.19. The molecule has 1 amide bonds. The Hall–Kier alpha value is -2.36. The predicted molar refractivity (Wildman–Crippen MR) is 75.3 cm³/mol. The summed E-state index contributed by atoms with van der Waals surface area (Å²) >= 11 is 0. The third kappa shape index (κ3) is 3.15. The molecule has 0 fully saturated rings. The Labute approximate surface area is 117 Å². The summed E-state index contributed by atoms with van der Waals surface area (Å²) in [6.07, 6.45) is 0. The van der Waals surface area contributed by atoms with Crippen molar-refractivity contribution < 1.29 is 13.9 Å². The van der Waals surface area contributed by atoms with Crippen molar-refractivity contribution in [3.05, 3.63) is 65.5 Å². The van der Waals surface area contributed by atoms with E-state index in [2.05, 4.69) is 5.32 Å². The molecule has 3 nitrogen and oxygen atoms in total. The van der Waals surface area contributed by atoms with Crippen LogP contribution in [-0.2, 0) is 0 Å². The first-order valence-corrected chi connectivity index (χ1v) is 6.31. The molecular weight excluding hydrogens is 257 g/mol. The summed E-state index contributed by atoms with van der Waals surface area (Å²) in [5.41, 5.74) is 0.975. The molecule has 0 saturated carbocycles. The molecule has 2 aromatic carbocycles. The molecular formula is C16H16FNO2. The van der Waals surface area contributed by atoms with Gasteiger partial charge < -0.3 is 10.1 Å². The Bertz CT molecular complexity index is 596. The van der Waals surface area contributed by atoms with Gasteiger partial charge in [0.15, 0.2) is 0 Å². The maximum Gasteiger partial charge on any atom is 0.254 e. The minimum atomic E-state index is -0.521. The molecule has 0 spiro atoms. The van der Waals surface area contributed by atoms with Gasteiger partial charge in [-0.1, -0.05) is 24.3 Å². The Morgan fingerprint density at radius 2 is 1.80 bits per heavy atom. The van der Waals surface area contributed by atoms with Gasteiger partial charge in [0.25, 0.3) is 5.91 Å². The van der Waals surface area contributed by atoms with Crippen molar-refractivity contribution in [3.63, 3.8) is 0 Å². The smallest absolute Gasteiger partial charge is 0.254 e. The second-order valence-corrected chi connectivity index (χ2v) is 4.45. The Morgan fingerprint density at radius 1 is 1.15 bits per heavy atom. The fourth-order valence-corrected chi connectivity index (χ4v) is 1.90. The SMILES string of the molecule is COc1ccc([C@@H](C)NC(=O)c2ccccc2F)cc1. The lowest BCUT2D eigenvalue weighted by Crippen LogP contribution is -2.27. The molecule has 0 unspecified atom stereocenters. The van der Waals surface area contributed by atoms with Crippen LogP contribution in [0.2, 0.25) is 0 Å². The zero-order valence-corrected chi connectivity index (χ0v) is 11.4. The first kappa shape index (κ1) is 14.1. The largest absolute Gasteiger partial charge is 0.497 e. The molecule has 0 radical (unpaired) electrons. The molecule has 0 aliphatic carbocycles. The molecule has 4 heteroatoms. The lowest BCUT2D eigenvalue weighted by molar-refractivity contribution is 0.0936. The number of nitrogens with one attached hydrogen (secondary N) is 1. The summed E-state index contributed by atoms with van der Waals surface area (Å²) in [6, 6.07) is 13.1. The van der Waals surface area contributed by atoms with E-state index in [0.717, 1.165) is 11.3 Å². The fourth-order valence-electron chi connectivity index (χ4n) is 1.90. The highest BCUT2D eigenvalue weighted by Crippen LogP contribution is 2.18. The highest BCUT2D eigenvalue weighted by molar-refractivity contribution is 5.94. The standard InChI is InChI=1S/C16H16FNO2/c1-11(12-7-9-13(20-2)10-8-12)18-16(19)14-5-3-4-6-15(14)17/h3-11H,1-2H3,(H,18,19)/t11-/m1/s1. The Morgan fingerprint density at radius 3 is 2.40 bits per heavy atom. The van der Waals surface area contributed by atoms with Gasteiger partial charge in [0.2, 0.25) is 0 Å². The van der Waals surface area contributed by atoms with E-state index in [9.17, 15) is 9.18 Å². The molecule has 0 aliphatic heterocycles. The molecule has 0 bridgehead atoms.